The Morgan fingerprint density at radius 2 is 0.918 bits per heavy atom. The second kappa shape index (κ2) is 28.0. The Kier molecular flexibility index (Phi) is 23.2. The maximum atomic E-state index is 3.98. The molecule has 7 rings (SSSR count). The van der Waals surface area contributed by atoms with Crippen LogP contribution in [0.15, 0.2) is 142 Å². The summed E-state index contributed by atoms with van der Waals surface area (Å²) in [6.45, 7) is 13.7. The molecule has 7 aromatic heterocycles. The third-order valence-electron chi connectivity index (χ3n) is 5.20. The van der Waals surface area contributed by atoms with Gasteiger partial charge in [0, 0.05) is 79.6 Å². The molecular weight excluding hydrogens is 612 g/mol. The van der Waals surface area contributed by atoms with Gasteiger partial charge in [-0.1, -0.05) is 12.1 Å². The van der Waals surface area contributed by atoms with Gasteiger partial charge in [-0.2, -0.15) is 0 Å². The molecule has 0 spiro atoms. The first kappa shape index (κ1) is 40.7. The monoisotopic (exact) mass is 656 g/mol. The van der Waals surface area contributed by atoms with Gasteiger partial charge in [0.15, 0.2) is 0 Å². The maximum Gasteiger partial charge on any atom is 0.128 e. The van der Waals surface area contributed by atoms with Gasteiger partial charge >= 0.3 is 0 Å². The minimum absolute atomic E-state index is 0.759. The zero-order chi connectivity index (χ0) is 35.8. The van der Waals surface area contributed by atoms with E-state index in [0.717, 1.165) is 28.5 Å². The van der Waals surface area contributed by atoms with Gasteiger partial charge in [-0.15, -0.1) is 0 Å². The fourth-order valence-corrected chi connectivity index (χ4v) is 2.72. The lowest BCUT2D eigenvalue weighted by Gasteiger charge is -1.82. The maximum absolute atomic E-state index is 3.98. The fourth-order valence-electron chi connectivity index (χ4n) is 2.72. The van der Waals surface area contributed by atoms with Gasteiger partial charge < -0.3 is 0 Å². The molecule has 0 aliphatic heterocycles. The van der Waals surface area contributed by atoms with Crippen LogP contribution in [0, 0.1) is 48.5 Å². The van der Waals surface area contributed by atoms with Crippen LogP contribution in [-0.2, 0) is 0 Å². The molecule has 12 nitrogen and oxygen atoms in total. The molecule has 0 N–H and O–H groups in total. The van der Waals surface area contributed by atoms with Crippen LogP contribution in [-0.4, -0.2) is 59.8 Å². The summed E-state index contributed by atoms with van der Waals surface area (Å²) in [6, 6.07) is 15.6. The molecule has 0 aromatic carbocycles. The molecule has 7 heterocycles. The summed E-state index contributed by atoms with van der Waals surface area (Å²) in [5.74, 6) is 0.759. The number of aromatic nitrogens is 12. The van der Waals surface area contributed by atoms with E-state index in [2.05, 4.69) is 59.8 Å². The van der Waals surface area contributed by atoms with Crippen molar-refractivity contribution in [3.05, 3.63) is 182 Å². The van der Waals surface area contributed by atoms with E-state index in [0.29, 0.717) is 0 Å². The van der Waals surface area contributed by atoms with E-state index in [-0.39, 0.29) is 0 Å². The normalized spacial score (nSPS) is 8.71. The second-order valence-corrected chi connectivity index (χ2v) is 9.82. The zero-order valence-electron chi connectivity index (χ0n) is 29.1. The van der Waals surface area contributed by atoms with Crippen LogP contribution in [0.25, 0.3) is 0 Å². The number of nitrogens with zero attached hydrogens (tertiary/aromatic N) is 12. The summed E-state index contributed by atoms with van der Waals surface area (Å²) in [5.41, 5.74) is 6.61. The summed E-state index contributed by atoms with van der Waals surface area (Å²) in [5, 5.41) is 0. The Morgan fingerprint density at radius 3 is 1.20 bits per heavy atom. The molecule has 0 atom stereocenters. The predicted molar refractivity (Wildman–Crippen MR) is 192 cm³/mol. The number of pyridine rings is 3. The SMILES string of the molecule is Cc1ccccn1.Cc1cccnc1.Cc1ccncc1.Cc1ccncn1.Cc1cnccn1.Cc1cncnc1.Cc1ncncn1. The highest BCUT2D eigenvalue weighted by Crippen LogP contribution is 1.90. The molecule has 0 unspecified atom stereocenters. The first-order chi connectivity index (χ1) is 23.8. The molecule has 0 saturated carbocycles. The van der Waals surface area contributed by atoms with Crippen molar-refractivity contribution in [2.24, 2.45) is 0 Å². The highest BCUT2D eigenvalue weighted by Gasteiger charge is 1.78. The third-order valence-corrected chi connectivity index (χ3v) is 5.20. The van der Waals surface area contributed by atoms with Crippen LogP contribution in [0.2, 0.25) is 0 Å². The van der Waals surface area contributed by atoms with Gasteiger partial charge in [-0.25, -0.2) is 34.9 Å². The van der Waals surface area contributed by atoms with E-state index >= 15 is 0 Å². The Hall–Kier alpha value is -6.30. The molecule has 0 amide bonds. The van der Waals surface area contributed by atoms with E-state index in [1.54, 1.807) is 62.0 Å². The molecule has 12 heteroatoms. The largest absolute Gasteiger partial charge is 0.265 e. The minimum atomic E-state index is 0.759. The summed E-state index contributed by atoms with van der Waals surface area (Å²) < 4.78 is 0. The molecule has 7 aromatic rings. The molecule has 0 bridgehead atoms. The Bertz CT molecular complexity index is 1320. The Labute approximate surface area is 289 Å². The van der Waals surface area contributed by atoms with E-state index < -0.39 is 0 Å². The van der Waals surface area contributed by atoms with Crippen molar-refractivity contribution in [1.29, 1.82) is 0 Å². The lowest BCUT2D eigenvalue weighted by molar-refractivity contribution is 0.974. The summed E-state index contributed by atoms with van der Waals surface area (Å²) in [6.07, 6.45) is 25.3. The predicted octanol–water partition coefficient (Wildman–Crippen LogP) is 6.71. The first-order valence-corrected chi connectivity index (χ1v) is 15.1. The Morgan fingerprint density at radius 1 is 0.306 bits per heavy atom. The highest BCUT2D eigenvalue weighted by molar-refractivity contribution is 5.06. The molecular formula is C37H44N12. The molecule has 0 saturated heterocycles. The smallest absolute Gasteiger partial charge is 0.128 e. The number of hydrogen-bond donors (Lipinski definition) is 0. The van der Waals surface area contributed by atoms with Crippen molar-refractivity contribution in [3.8, 4) is 0 Å². The lowest BCUT2D eigenvalue weighted by atomic mass is 10.3. The standard InChI is InChI=1S/3C6H7N.3C5H6N2.C4H5N3/c1-6-2-4-7-5-3-6;1-6-3-2-4-7-5-6;1-6-4-2-3-5-7-6;1-5-2-6-4-7-3-5;1-5-4-6-2-3-7-5;1-5-2-3-6-4-7-5;1-4-6-2-5-3-7-4/h3*2-5H,1H3;3*2-4H,1H3;2-3H,1H3. The third kappa shape index (κ3) is 26.6. The molecule has 0 radical (unpaired) electrons. The average Bonchev–Trinajstić information content (AvgIpc) is 3.12. The van der Waals surface area contributed by atoms with Gasteiger partial charge in [-0.05, 0) is 102 Å². The number of aryl methyl sites for hydroxylation is 7. The van der Waals surface area contributed by atoms with Gasteiger partial charge in [0.2, 0.25) is 0 Å². The van der Waals surface area contributed by atoms with Gasteiger partial charge in [-0.3, -0.25) is 24.9 Å². The summed E-state index contributed by atoms with van der Waals surface area (Å²) >= 11 is 0. The van der Waals surface area contributed by atoms with E-state index in [1.807, 2.05) is 103 Å². The van der Waals surface area contributed by atoms with Crippen LogP contribution < -0.4 is 0 Å². The van der Waals surface area contributed by atoms with Crippen molar-refractivity contribution in [2.45, 2.75) is 48.5 Å². The highest BCUT2D eigenvalue weighted by atomic mass is 15.0. The van der Waals surface area contributed by atoms with E-state index in [9.17, 15) is 0 Å². The van der Waals surface area contributed by atoms with Crippen LogP contribution in [0.1, 0.15) is 39.6 Å². The molecule has 0 aliphatic carbocycles. The van der Waals surface area contributed by atoms with Gasteiger partial charge in [0.1, 0.15) is 31.1 Å². The molecule has 49 heavy (non-hydrogen) atoms. The quantitative estimate of drug-likeness (QED) is 0.170. The van der Waals surface area contributed by atoms with Crippen molar-refractivity contribution in [1.82, 2.24) is 59.8 Å². The van der Waals surface area contributed by atoms with E-state index in [4.69, 9.17) is 0 Å². The second-order valence-electron chi connectivity index (χ2n) is 9.82. The topological polar surface area (TPSA) is 155 Å². The summed E-state index contributed by atoms with van der Waals surface area (Å²) in [7, 11) is 0. The van der Waals surface area contributed by atoms with Crippen molar-refractivity contribution in [3.63, 3.8) is 0 Å². The van der Waals surface area contributed by atoms with Crippen LogP contribution >= 0.6 is 0 Å². The molecule has 0 aliphatic rings. The number of rotatable bonds is 0. The Balaban J connectivity index is 0.000000286. The van der Waals surface area contributed by atoms with Crippen molar-refractivity contribution >= 4 is 0 Å². The van der Waals surface area contributed by atoms with Crippen molar-refractivity contribution < 1.29 is 0 Å². The number of hydrogen-bond acceptors (Lipinski definition) is 12. The average molecular weight is 657 g/mol. The minimum Gasteiger partial charge on any atom is -0.265 e. The summed E-state index contributed by atoms with van der Waals surface area (Å²) in [4.78, 5) is 45.7. The lowest BCUT2D eigenvalue weighted by Crippen LogP contribution is -1.84. The van der Waals surface area contributed by atoms with Crippen LogP contribution in [0.3, 0.4) is 0 Å². The first-order valence-electron chi connectivity index (χ1n) is 15.1. The van der Waals surface area contributed by atoms with Gasteiger partial charge in [0.25, 0.3) is 0 Å². The van der Waals surface area contributed by atoms with Gasteiger partial charge in [0.05, 0.1) is 5.69 Å². The van der Waals surface area contributed by atoms with Crippen LogP contribution in [0.5, 0.6) is 0 Å². The van der Waals surface area contributed by atoms with Crippen molar-refractivity contribution in [2.75, 3.05) is 0 Å². The molecule has 252 valence electrons. The van der Waals surface area contributed by atoms with Crippen LogP contribution in [0.4, 0.5) is 0 Å². The van der Waals surface area contributed by atoms with E-state index in [1.165, 1.54) is 36.4 Å². The molecule has 0 fully saturated rings. The fraction of sp³-hybridized carbons (Fsp3) is 0.189. The zero-order valence-corrected chi connectivity index (χ0v) is 29.1.